The van der Waals surface area contributed by atoms with Gasteiger partial charge in [-0.15, -0.1) is 11.3 Å². The van der Waals surface area contributed by atoms with E-state index >= 15 is 0 Å². The highest BCUT2D eigenvalue weighted by atomic mass is 32.1. The highest BCUT2D eigenvalue weighted by Crippen LogP contribution is 2.28. The van der Waals surface area contributed by atoms with E-state index < -0.39 is 0 Å². The van der Waals surface area contributed by atoms with E-state index in [0.29, 0.717) is 17.7 Å². The van der Waals surface area contributed by atoms with Gasteiger partial charge in [-0.3, -0.25) is 0 Å². The molecule has 0 aliphatic carbocycles. The van der Waals surface area contributed by atoms with Crippen molar-refractivity contribution in [2.24, 2.45) is 5.92 Å². The van der Waals surface area contributed by atoms with Crippen LogP contribution in [0.3, 0.4) is 0 Å². The van der Waals surface area contributed by atoms with Crippen LogP contribution < -0.4 is 10.1 Å². The van der Waals surface area contributed by atoms with E-state index in [1.54, 1.807) is 24.5 Å². The summed E-state index contributed by atoms with van der Waals surface area (Å²) < 4.78 is 5.14. The Morgan fingerprint density at radius 3 is 2.70 bits per heavy atom. The third kappa shape index (κ3) is 3.52. The van der Waals surface area contributed by atoms with Gasteiger partial charge in [0, 0.05) is 17.5 Å². The molecule has 1 aromatic heterocycles. The number of nitrogens with one attached hydrogen (secondary N) is 1. The molecule has 108 valence electrons. The van der Waals surface area contributed by atoms with Crippen molar-refractivity contribution in [2.45, 2.75) is 26.4 Å². The molecular weight excluding hydrogens is 270 g/mol. The number of benzene rings is 1. The predicted molar refractivity (Wildman–Crippen MR) is 83.4 cm³/mol. The van der Waals surface area contributed by atoms with Gasteiger partial charge in [0.2, 0.25) is 0 Å². The molecule has 1 atom stereocenters. The van der Waals surface area contributed by atoms with Crippen molar-refractivity contribution < 1.29 is 9.84 Å². The van der Waals surface area contributed by atoms with E-state index in [9.17, 15) is 5.11 Å². The minimum absolute atomic E-state index is 0.176. The molecule has 1 aromatic carbocycles. The molecule has 0 spiro atoms. The van der Waals surface area contributed by atoms with E-state index in [1.807, 2.05) is 12.1 Å². The molecule has 2 N–H and O–H groups in total. The SMILES string of the molecule is COc1cc(CNC(c2cccs2)C(C)C)ccc1O. The molecule has 2 aromatic rings. The van der Waals surface area contributed by atoms with Crippen LogP contribution in [0.4, 0.5) is 0 Å². The van der Waals surface area contributed by atoms with E-state index in [0.717, 1.165) is 12.1 Å². The second kappa shape index (κ2) is 6.77. The average Bonchev–Trinajstić information content (AvgIpc) is 2.94. The molecule has 0 bridgehead atoms. The summed E-state index contributed by atoms with van der Waals surface area (Å²) in [5.74, 6) is 1.21. The summed E-state index contributed by atoms with van der Waals surface area (Å²) in [5, 5.41) is 15.3. The van der Waals surface area contributed by atoms with Gasteiger partial charge >= 0.3 is 0 Å². The minimum Gasteiger partial charge on any atom is -0.504 e. The van der Waals surface area contributed by atoms with Crippen LogP contribution in [-0.2, 0) is 6.54 Å². The van der Waals surface area contributed by atoms with Crippen molar-refractivity contribution in [1.29, 1.82) is 0 Å². The van der Waals surface area contributed by atoms with E-state index in [2.05, 4.69) is 36.7 Å². The summed E-state index contributed by atoms with van der Waals surface area (Å²) in [6, 6.07) is 10.0. The lowest BCUT2D eigenvalue weighted by Crippen LogP contribution is -2.24. The molecule has 3 nitrogen and oxygen atoms in total. The maximum Gasteiger partial charge on any atom is 0.160 e. The Morgan fingerprint density at radius 2 is 2.10 bits per heavy atom. The monoisotopic (exact) mass is 291 g/mol. The maximum absolute atomic E-state index is 9.61. The lowest BCUT2D eigenvalue weighted by atomic mass is 10.0. The van der Waals surface area contributed by atoms with Gasteiger partial charge in [-0.05, 0) is 35.1 Å². The number of hydrogen-bond donors (Lipinski definition) is 2. The third-order valence-electron chi connectivity index (χ3n) is 3.29. The molecular formula is C16H21NO2S. The smallest absolute Gasteiger partial charge is 0.160 e. The Bertz CT molecular complexity index is 537. The van der Waals surface area contributed by atoms with Gasteiger partial charge < -0.3 is 15.2 Å². The molecule has 1 heterocycles. The van der Waals surface area contributed by atoms with Crippen molar-refractivity contribution in [2.75, 3.05) is 7.11 Å². The van der Waals surface area contributed by atoms with Crippen LogP contribution >= 0.6 is 11.3 Å². The number of ether oxygens (including phenoxy) is 1. The number of phenolic OH excluding ortho intramolecular Hbond substituents is 1. The molecule has 0 saturated carbocycles. The quantitative estimate of drug-likeness (QED) is 0.846. The number of aromatic hydroxyl groups is 1. The summed E-state index contributed by atoms with van der Waals surface area (Å²) >= 11 is 1.78. The Balaban J connectivity index is 2.06. The van der Waals surface area contributed by atoms with Gasteiger partial charge in [0.25, 0.3) is 0 Å². The normalized spacial score (nSPS) is 12.6. The molecule has 0 fully saturated rings. The first-order valence-electron chi connectivity index (χ1n) is 6.74. The van der Waals surface area contributed by atoms with Crippen molar-refractivity contribution >= 4 is 11.3 Å². The first-order chi connectivity index (χ1) is 9.61. The molecule has 1 unspecified atom stereocenters. The molecule has 20 heavy (non-hydrogen) atoms. The zero-order valence-corrected chi connectivity index (χ0v) is 12.9. The fourth-order valence-corrected chi connectivity index (χ4v) is 3.17. The zero-order chi connectivity index (χ0) is 14.5. The van der Waals surface area contributed by atoms with E-state index in [1.165, 1.54) is 4.88 Å². The lowest BCUT2D eigenvalue weighted by Gasteiger charge is -2.21. The van der Waals surface area contributed by atoms with Crippen LogP contribution in [0.15, 0.2) is 35.7 Å². The summed E-state index contributed by atoms with van der Waals surface area (Å²) in [4.78, 5) is 1.35. The fourth-order valence-electron chi connectivity index (χ4n) is 2.19. The van der Waals surface area contributed by atoms with Gasteiger partial charge in [-0.1, -0.05) is 26.0 Å². The van der Waals surface area contributed by atoms with Crippen molar-refractivity contribution in [1.82, 2.24) is 5.32 Å². The molecule has 0 radical (unpaired) electrons. The minimum atomic E-state index is 0.176. The second-order valence-corrected chi connectivity index (χ2v) is 6.10. The molecule has 0 aliphatic rings. The largest absolute Gasteiger partial charge is 0.504 e. The third-order valence-corrected chi connectivity index (χ3v) is 4.24. The first-order valence-corrected chi connectivity index (χ1v) is 7.62. The summed E-state index contributed by atoms with van der Waals surface area (Å²) in [5.41, 5.74) is 1.10. The van der Waals surface area contributed by atoms with Gasteiger partial charge in [0.1, 0.15) is 0 Å². The van der Waals surface area contributed by atoms with E-state index in [-0.39, 0.29) is 5.75 Å². The number of phenols is 1. The van der Waals surface area contributed by atoms with Crippen LogP contribution in [0.5, 0.6) is 11.5 Å². The lowest BCUT2D eigenvalue weighted by molar-refractivity contribution is 0.371. The Kier molecular flexibility index (Phi) is 5.04. The highest BCUT2D eigenvalue weighted by molar-refractivity contribution is 7.10. The number of hydrogen-bond acceptors (Lipinski definition) is 4. The van der Waals surface area contributed by atoms with Crippen LogP contribution in [-0.4, -0.2) is 12.2 Å². The molecule has 0 amide bonds. The van der Waals surface area contributed by atoms with Gasteiger partial charge in [0.05, 0.1) is 7.11 Å². The Labute approximate surface area is 124 Å². The fraction of sp³-hybridized carbons (Fsp3) is 0.375. The van der Waals surface area contributed by atoms with Crippen LogP contribution in [0.25, 0.3) is 0 Å². The van der Waals surface area contributed by atoms with Gasteiger partial charge in [-0.25, -0.2) is 0 Å². The maximum atomic E-state index is 9.61. The number of methoxy groups -OCH3 is 1. The number of thiophene rings is 1. The summed E-state index contributed by atoms with van der Waals surface area (Å²) in [7, 11) is 1.56. The Morgan fingerprint density at radius 1 is 1.30 bits per heavy atom. The van der Waals surface area contributed by atoms with Crippen LogP contribution in [0.2, 0.25) is 0 Å². The first kappa shape index (κ1) is 14.9. The zero-order valence-electron chi connectivity index (χ0n) is 12.1. The molecule has 4 heteroatoms. The summed E-state index contributed by atoms with van der Waals surface area (Å²) in [6.07, 6.45) is 0. The van der Waals surface area contributed by atoms with Crippen molar-refractivity contribution in [3.05, 3.63) is 46.2 Å². The predicted octanol–water partition coefficient (Wildman–Crippen LogP) is 3.95. The molecule has 2 rings (SSSR count). The van der Waals surface area contributed by atoms with Crippen LogP contribution in [0.1, 0.15) is 30.3 Å². The second-order valence-electron chi connectivity index (χ2n) is 5.12. The van der Waals surface area contributed by atoms with Gasteiger partial charge in [-0.2, -0.15) is 0 Å². The number of rotatable bonds is 6. The summed E-state index contributed by atoms with van der Waals surface area (Å²) in [6.45, 7) is 5.18. The highest BCUT2D eigenvalue weighted by Gasteiger charge is 2.16. The standard InChI is InChI=1S/C16H21NO2S/c1-11(2)16(15-5-4-8-20-15)17-10-12-6-7-13(18)14(9-12)19-3/h4-9,11,16-18H,10H2,1-3H3. The van der Waals surface area contributed by atoms with Crippen molar-refractivity contribution in [3.8, 4) is 11.5 Å². The average molecular weight is 291 g/mol. The van der Waals surface area contributed by atoms with Gasteiger partial charge in [0.15, 0.2) is 11.5 Å². The molecule has 0 saturated heterocycles. The molecule has 0 aliphatic heterocycles. The van der Waals surface area contributed by atoms with Crippen LogP contribution in [0, 0.1) is 5.92 Å². The topological polar surface area (TPSA) is 41.5 Å². The van der Waals surface area contributed by atoms with E-state index in [4.69, 9.17) is 4.74 Å². The van der Waals surface area contributed by atoms with Crippen molar-refractivity contribution in [3.63, 3.8) is 0 Å². The Hall–Kier alpha value is -1.52.